The molecule has 0 aliphatic rings. The number of sulfonamides is 1. The summed E-state index contributed by atoms with van der Waals surface area (Å²) in [5.74, 6) is 0.644. The van der Waals surface area contributed by atoms with Gasteiger partial charge in [0.05, 0.1) is 23.2 Å². The van der Waals surface area contributed by atoms with E-state index in [-0.39, 0.29) is 4.90 Å². The zero-order chi connectivity index (χ0) is 20.1. The molecule has 0 radical (unpaired) electrons. The number of aromatic nitrogens is 1. The highest BCUT2D eigenvalue weighted by Gasteiger charge is 2.27. The summed E-state index contributed by atoms with van der Waals surface area (Å²) < 4.78 is 36.0. The molecule has 0 unspecified atom stereocenters. The number of aryl methyl sites for hydroxylation is 2. The van der Waals surface area contributed by atoms with Gasteiger partial charge in [-0.2, -0.15) is 0 Å². The molecule has 0 N–H and O–H groups in total. The lowest BCUT2D eigenvalue weighted by molar-refractivity contribution is 0.418. The van der Waals surface area contributed by atoms with Gasteiger partial charge in [0.15, 0.2) is 0 Å². The zero-order valence-corrected chi connectivity index (χ0v) is 17.1. The standard InChI is InChI=1S/C22H22N2O3S/c1-15-9-11-16(12-10-15)24(3)28(25,26)20-14-13-19(27-4)22-21(20)17-7-5-6-8-18(17)23(22)2/h5-14H,1-4H3. The van der Waals surface area contributed by atoms with Crippen LogP contribution in [0.15, 0.2) is 65.6 Å². The number of hydrogen-bond acceptors (Lipinski definition) is 3. The lowest BCUT2D eigenvalue weighted by atomic mass is 10.1. The highest BCUT2D eigenvalue weighted by atomic mass is 32.2. The minimum Gasteiger partial charge on any atom is -0.495 e. The third-order valence-electron chi connectivity index (χ3n) is 5.23. The van der Waals surface area contributed by atoms with Crippen LogP contribution in [0.2, 0.25) is 0 Å². The Morgan fingerprint density at radius 2 is 1.64 bits per heavy atom. The van der Waals surface area contributed by atoms with Crippen LogP contribution in [-0.4, -0.2) is 27.1 Å². The van der Waals surface area contributed by atoms with Crippen LogP contribution in [0.1, 0.15) is 5.56 Å². The van der Waals surface area contributed by atoms with Gasteiger partial charge in [-0.3, -0.25) is 4.31 Å². The van der Waals surface area contributed by atoms with E-state index >= 15 is 0 Å². The molecule has 4 aromatic rings. The van der Waals surface area contributed by atoms with Gasteiger partial charge < -0.3 is 9.30 Å². The van der Waals surface area contributed by atoms with Gasteiger partial charge in [0.2, 0.25) is 0 Å². The van der Waals surface area contributed by atoms with E-state index in [1.807, 2.05) is 67.1 Å². The number of rotatable bonds is 4. The summed E-state index contributed by atoms with van der Waals surface area (Å²) in [6.45, 7) is 1.97. The number of nitrogens with zero attached hydrogens (tertiary/aromatic N) is 2. The fraction of sp³-hybridized carbons (Fsp3) is 0.182. The first-order chi connectivity index (χ1) is 13.4. The van der Waals surface area contributed by atoms with Crippen molar-refractivity contribution in [2.24, 2.45) is 7.05 Å². The summed E-state index contributed by atoms with van der Waals surface area (Å²) in [4.78, 5) is 0.267. The first-order valence-corrected chi connectivity index (χ1v) is 10.4. The molecule has 1 heterocycles. The molecule has 0 aliphatic heterocycles. The predicted molar refractivity (Wildman–Crippen MR) is 114 cm³/mol. The molecule has 4 rings (SSSR count). The average Bonchev–Trinajstić information content (AvgIpc) is 3.01. The van der Waals surface area contributed by atoms with Gasteiger partial charge in [0, 0.05) is 30.4 Å². The third-order valence-corrected chi connectivity index (χ3v) is 7.06. The molecule has 0 saturated carbocycles. The summed E-state index contributed by atoms with van der Waals surface area (Å²) in [6.07, 6.45) is 0. The lowest BCUT2D eigenvalue weighted by Crippen LogP contribution is -2.26. The first-order valence-electron chi connectivity index (χ1n) is 8.96. The fourth-order valence-corrected chi connectivity index (χ4v) is 5.06. The van der Waals surface area contributed by atoms with E-state index in [1.165, 1.54) is 4.31 Å². The van der Waals surface area contributed by atoms with Crippen molar-refractivity contribution in [3.8, 4) is 5.75 Å². The number of hydrogen-bond donors (Lipinski definition) is 0. The number of fused-ring (bicyclic) bond motifs is 3. The Labute approximate surface area is 164 Å². The van der Waals surface area contributed by atoms with E-state index in [2.05, 4.69) is 0 Å². The average molecular weight is 394 g/mol. The monoisotopic (exact) mass is 394 g/mol. The molecule has 0 bridgehead atoms. The maximum atomic E-state index is 13.6. The maximum absolute atomic E-state index is 13.6. The van der Waals surface area contributed by atoms with Crippen LogP contribution in [0.5, 0.6) is 5.75 Å². The van der Waals surface area contributed by atoms with Gasteiger partial charge in [-0.25, -0.2) is 8.42 Å². The molecule has 0 spiro atoms. The highest BCUT2D eigenvalue weighted by molar-refractivity contribution is 7.93. The zero-order valence-electron chi connectivity index (χ0n) is 16.3. The van der Waals surface area contributed by atoms with Crippen LogP contribution in [0.25, 0.3) is 21.8 Å². The second-order valence-electron chi connectivity index (χ2n) is 6.87. The second kappa shape index (κ2) is 6.56. The number of benzene rings is 3. The number of methoxy groups -OCH3 is 1. The van der Waals surface area contributed by atoms with Crippen LogP contribution in [0, 0.1) is 6.92 Å². The van der Waals surface area contributed by atoms with Crippen molar-refractivity contribution in [3.63, 3.8) is 0 Å². The molecule has 28 heavy (non-hydrogen) atoms. The molecule has 0 amide bonds. The van der Waals surface area contributed by atoms with Crippen molar-refractivity contribution >= 4 is 37.5 Å². The van der Waals surface area contributed by atoms with Crippen LogP contribution in [0.3, 0.4) is 0 Å². The molecular weight excluding hydrogens is 372 g/mol. The molecule has 3 aromatic carbocycles. The number of para-hydroxylation sites is 1. The highest BCUT2D eigenvalue weighted by Crippen LogP contribution is 2.39. The number of ether oxygens (including phenoxy) is 1. The van der Waals surface area contributed by atoms with Crippen molar-refractivity contribution < 1.29 is 13.2 Å². The summed E-state index contributed by atoms with van der Waals surface area (Å²) >= 11 is 0. The van der Waals surface area contributed by atoms with Crippen LogP contribution < -0.4 is 9.04 Å². The normalized spacial score (nSPS) is 11.9. The van der Waals surface area contributed by atoms with Gasteiger partial charge in [0.1, 0.15) is 5.75 Å². The largest absolute Gasteiger partial charge is 0.495 e. The molecule has 144 valence electrons. The molecule has 0 saturated heterocycles. The topological polar surface area (TPSA) is 51.5 Å². The summed E-state index contributed by atoms with van der Waals surface area (Å²) in [7, 11) is 1.33. The smallest absolute Gasteiger partial charge is 0.264 e. The molecule has 0 aliphatic carbocycles. The molecule has 5 nitrogen and oxygen atoms in total. The Bertz CT molecular complexity index is 1290. The van der Waals surface area contributed by atoms with Gasteiger partial charge in [-0.1, -0.05) is 35.9 Å². The van der Waals surface area contributed by atoms with E-state index < -0.39 is 10.0 Å². The minimum atomic E-state index is -3.77. The fourth-order valence-electron chi connectivity index (χ4n) is 3.67. The van der Waals surface area contributed by atoms with Gasteiger partial charge in [0.25, 0.3) is 10.0 Å². The predicted octanol–water partition coefficient (Wildman–Crippen LogP) is 4.47. The Morgan fingerprint density at radius 1 is 0.964 bits per heavy atom. The summed E-state index contributed by atoms with van der Waals surface area (Å²) in [5, 5.41) is 1.56. The van der Waals surface area contributed by atoms with Crippen molar-refractivity contribution in [3.05, 3.63) is 66.2 Å². The Hall–Kier alpha value is -2.99. The minimum absolute atomic E-state index is 0.267. The van der Waals surface area contributed by atoms with Crippen LogP contribution in [-0.2, 0) is 17.1 Å². The molecule has 0 fully saturated rings. The van der Waals surface area contributed by atoms with E-state index in [0.29, 0.717) is 16.8 Å². The van der Waals surface area contributed by atoms with Crippen molar-refractivity contribution in [1.82, 2.24) is 4.57 Å². The quantitative estimate of drug-likeness (QED) is 0.513. The van der Waals surface area contributed by atoms with Gasteiger partial charge in [-0.05, 0) is 37.3 Å². The van der Waals surface area contributed by atoms with Crippen molar-refractivity contribution in [2.75, 3.05) is 18.5 Å². The Morgan fingerprint density at radius 3 is 2.32 bits per heavy atom. The molecule has 0 atom stereocenters. The van der Waals surface area contributed by atoms with E-state index in [4.69, 9.17) is 4.74 Å². The van der Waals surface area contributed by atoms with Crippen molar-refractivity contribution in [2.45, 2.75) is 11.8 Å². The van der Waals surface area contributed by atoms with Gasteiger partial charge in [-0.15, -0.1) is 0 Å². The lowest BCUT2D eigenvalue weighted by Gasteiger charge is -2.21. The van der Waals surface area contributed by atoms with Crippen LogP contribution >= 0.6 is 0 Å². The second-order valence-corrected chi connectivity index (χ2v) is 8.81. The van der Waals surface area contributed by atoms with Crippen LogP contribution in [0.4, 0.5) is 5.69 Å². The molecular formula is C22H22N2O3S. The van der Waals surface area contributed by atoms with Gasteiger partial charge >= 0.3 is 0 Å². The first kappa shape index (κ1) is 18.4. The maximum Gasteiger partial charge on any atom is 0.264 e. The van der Waals surface area contributed by atoms with E-state index in [9.17, 15) is 8.42 Å². The third kappa shape index (κ3) is 2.64. The van der Waals surface area contributed by atoms with Crippen molar-refractivity contribution in [1.29, 1.82) is 0 Å². The molecule has 1 aromatic heterocycles. The summed E-state index contributed by atoms with van der Waals surface area (Å²) in [5.41, 5.74) is 3.42. The number of anilines is 1. The SMILES string of the molecule is COc1ccc(S(=O)(=O)N(C)c2ccc(C)cc2)c2c3ccccc3n(C)c12. The molecule has 6 heteroatoms. The Kier molecular flexibility index (Phi) is 4.31. The van der Waals surface area contributed by atoms with E-state index in [0.717, 1.165) is 22.0 Å². The Balaban J connectivity index is 2.03. The van der Waals surface area contributed by atoms with E-state index in [1.54, 1.807) is 26.3 Å². The summed E-state index contributed by atoms with van der Waals surface area (Å²) in [6, 6.07) is 18.6.